The predicted molar refractivity (Wildman–Crippen MR) is 172 cm³/mol. The topological polar surface area (TPSA) is 95.6 Å². The number of alkyl halides is 3. The van der Waals surface area contributed by atoms with Crippen LogP contribution in [0.4, 0.5) is 23.7 Å². The van der Waals surface area contributed by atoms with Gasteiger partial charge in [0, 0.05) is 23.5 Å². The van der Waals surface area contributed by atoms with E-state index in [1.54, 1.807) is 4.90 Å². The van der Waals surface area contributed by atoms with Gasteiger partial charge in [-0.2, -0.15) is 18.2 Å². The Morgan fingerprint density at radius 3 is 2.62 bits per heavy atom. The lowest BCUT2D eigenvalue weighted by Crippen LogP contribution is -2.35. The van der Waals surface area contributed by atoms with Gasteiger partial charge in [0.1, 0.15) is 12.6 Å². The molecule has 12 heteroatoms. The van der Waals surface area contributed by atoms with Crippen molar-refractivity contribution in [2.45, 2.75) is 58.4 Å². The molecule has 1 saturated heterocycles. The molecule has 1 aliphatic heterocycles. The van der Waals surface area contributed by atoms with Crippen LogP contribution >= 0.6 is 11.8 Å². The Labute approximate surface area is 264 Å². The van der Waals surface area contributed by atoms with E-state index in [1.807, 2.05) is 43.3 Å². The molecule has 2 amide bonds. The van der Waals surface area contributed by atoms with Gasteiger partial charge in [-0.25, -0.2) is 14.5 Å². The number of aromatic nitrogens is 3. The minimum Gasteiger partial charge on any atom is -0.372 e. The second-order valence-corrected chi connectivity index (χ2v) is 12.2. The summed E-state index contributed by atoms with van der Waals surface area (Å²) in [6.45, 7) is 6.66. The van der Waals surface area contributed by atoms with Crippen molar-refractivity contribution in [3.63, 3.8) is 0 Å². The van der Waals surface area contributed by atoms with Crippen molar-refractivity contribution in [2.24, 2.45) is 4.99 Å². The molecule has 1 aliphatic rings. The first-order valence-electron chi connectivity index (χ1n) is 14.8. The van der Waals surface area contributed by atoms with Gasteiger partial charge in [0.2, 0.25) is 0 Å². The third-order valence-corrected chi connectivity index (χ3v) is 8.45. The van der Waals surface area contributed by atoms with Crippen LogP contribution in [0.2, 0.25) is 0 Å². The summed E-state index contributed by atoms with van der Waals surface area (Å²) in [5.74, 6) is 1.15. The number of thioether (sulfide) groups is 1. The molecule has 1 fully saturated rings. The van der Waals surface area contributed by atoms with Crippen LogP contribution in [-0.2, 0) is 12.6 Å². The summed E-state index contributed by atoms with van der Waals surface area (Å²) in [6, 6.07) is 18.3. The first kappa shape index (κ1) is 32.2. The number of hydrogen-bond acceptors (Lipinski definition) is 5. The van der Waals surface area contributed by atoms with E-state index >= 15 is 0 Å². The third kappa shape index (κ3) is 7.93. The van der Waals surface area contributed by atoms with Crippen molar-refractivity contribution in [1.29, 1.82) is 0 Å². The van der Waals surface area contributed by atoms with Crippen LogP contribution in [0.3, 0.4) is 0 Å². The number of nitrogens with one attached hydrogen (secondary N) is 1. The lowest BCUT2D eigenvalue weighted by molar-refractivity contribution is -0.137. The van der Waals surface area contributed by atoms with E-state index < -0.39 is 24.0 Å². The van der Waals surface area contributed by atoms with Gasteiger partial charge >= 0.3 is 12.2 Å². The van der Waals surface area contributed by atoms with E-state index in [4.69, 9.17) is 0 Å². The van der Waals surface area contributed by atoms with Gasteiger partial charge in [0.15, 0.2) is 11.0 Å². The molecule has 45 heavy (non-hydrogen) atoms. The summed E-state index contributed by atoms with van der Waals surface area (Å²) < 4.78 is 40.1. The first-order chi connectivity index (χ1) is 21.5. The highest BCUT2D eigenvalue weighted by atomic mass is 32.2. The molecule has 0 bridgehead atoms. The number of anilines is 1. The lowest BCUT2D eigenvalue weighted by Gasteiger charge is -2.26. The smallest absolute Gasteiger partial charge is 0.372 e. The van der Waals surface area contributed by atoms with Gasteiger partial charge in [-0.1, -0.05) is 55.9 Å². The minimum atomic E-state index is -4.40. The van der Waals surface area contributed by atoms with Crippen molar-refractivity contribution in [3.8, 4) is 17.1 Å². The van der Waals surface area contributed by atoms with E-state index in [0.29, 0.717) is 29.0 Å². The first-order valence-corrected chi connectivity index (χ1v) is 15.7. The molecule has 2 heterocycles. The number of carbonyl (C=O) groups excluding carboxylic acids is 1. The van der Waals surface area contributed by atoms with Crippen LogP contribution < -0.4 is 10.2 Å². The number of aliphatic imine (C=N–C) groups is 1. The zero-order valence-corrected chi connectivity index (χ0v) is 26.1. The molecule has 0 radical (unpaired) electrons. The molecule has 8 nitrogen and oxygen atoms in total. The van der Waals surface area contributed by atoms with Crippen molar-refractivity contribution < 1.29 is 23.1 Å². The number of rotatable bonds is 9. The van der Waals surface area contributed by atoms with Crippen molar-refractivity contribution >= 4 is 28.6 Å². The van der Waals surface area contributed by atoms with E-state index in [0.717, 1.165) is 59.3 Å². The fraction of sp³-hybridized carbons (Fsp3) is 0.333. The Bertz CT molecular complexity index is 1670. The summed E-state index contributed by atoms with van der Waals surface area (Å²) in [7, 11) is 0. The maximum Gasteiger partial charge on any atom is 0.416 e. The normalized spacial score (nSPS) is 16.1. The average molecular weight is 637 g/mol. The maximum atomic E-state index is 12.9. The van der Waals surface area contributed by atoms with Gasteiger partial charge in [-0.3, -0.25) is 4.90 Å². The largest absolute Gasteiger partial charge is 0.416 e. The Kier molecular flexibility index (Phi) is 9.93. The highest BCUT2D eigenvalue weighted by molar-refractivity contribution is 8.14. The fourth-order valence-electron chi connectivity index (χ4n) is 5.09. The Hall–Kier alpha value is -4.16. The zero-order valence-electron chi connectivity index (χ0n) is 25.3. The molecule has 2 N–H and O–H groups in total. The van der Waals surface area contributed by atoms with Gasteiger partial charge in [-0.15, -0.1) is 5.10 Å². The Morgan fingerprint density at radius 2 is 1.89 bits per heavy atom. The van der Waals surface area contributed by atoms with Crippen LogP contribution in [0.1, 0.15) is 54.9 Å². The number of benzene rings is 3. The Morgan fingerprint density at radius 1 is 1.11 bits per heavy atom. The number of carbonyl (C=O) groups is 1. The second kappa shape index (κ2) is 13.9. The molecule has 3 aromatic carbocycles. The van der Waals surface area contributed by atoms with Crippen LogP contribution in [-0.4, -0.2) is 49.6 Å². The van der Waals surface area contributed by atoms with Crippen molar-refractivity contribution in [2.75, 3.05) is 17.2 Å². The number of amides is 2. The molecule has 0 saturated carbocycles. The molecular weight excluding hydrogens is 601 g/mol. The number of aliphatic hydroxyl groups excluding tert-OH is 1. The average Bonchev–Trinajstić information content (AvgIpc) is 3.64. The number of hydrogen-bond donors (Lipinski definition) is 2. The summed E-state index contributed by atoms with van der Waals surface area (Å²) in [4.78, 5) is 23.1. The number of halogens is 3. The highest BCUT2D eigenvalue weighted by Crippen LogP contribution is 2.36. The molecular formula is C33H35F3N6O2S. The molecule has 1 unspecified atom stereocenters. The standard InChI is InChI=1S/C33H35F3N6O2S/c1-21(2)27-15-10-22(3)17-28(27)42-29(43)19-45-32(42)39-31(44)37-16-5-4-7-23-8-6-9-24(18-23)30-38-20-41(40-30)26-13-11-25(12-14-26)33(34,35)36/h6,8-15,17-18,20-21,29,43H,4-5,7,16,19H2,1-3H3,(H,37,44). The third-order valence-electron chi connectivity index (χ3n) is 7.43. The van der Waals surface area contributed by atoms with Crippen LogP contribution in [0.15, 0.2) is 78.0 Å². The summed E-state index contributed by atoms with van der Waals surface area (Å²) in [6.07, 6.45) is -1.33. The summed E-state index contributed by atoms with van der Waals surface area (Å²) >= 11 is 1.36. The van der Waals surface area contributed by atoms with Crippen LogP contribution in [0, 0.1) is 6.92 Å². The van der Waals surface area contributed by atoms with Gasteiger partial charge in [0.05, 0.1) is 11.3 Å². The van der Waals surface area contributed by atoms with E-state index in [9.17, 15) is 23.1 Å². The molecule has 5 rings (SSSR count). The number of amidine groups is 1. The predicted octanol–water partition coefficient (Wildman–Crippen LogP) is 7.35. The molecule has 4 aromatic rings. The second-order valence-electron chi connectivity index (χ2n) is 11.2. The van der Waals surface area contributed by atoms with Gasteiger partial charge < -0.3 is 10.4 Å². The fourth-order valence-corrected chi connectivity index (χ4v) is 6.04. The molecule has 0 aliphatic carbocycles. The SMILES string of the molecule is Cc1ccc(C(C)C)c(N2C(=NC(=O)NCCCCc3cccc(-c4ncn(-c5ccc(C(F)(F)F)cc5)n4)c3)SCC2O)c1. The van der Waals surface area contributed by atoms with Crippen molar-refractivity contribution in [3.05, 3.63) is 95.3 Å². The number of aliphatic hydroxyl groups is 1. The summed E-state index contributed by atoms with van der Waals surface area (Å²) in [5, 5.41) is 18.5. The van der Waals surface area contributed by atoms with Gasteiger partial charge in [0.25, 0.3) is 0 Å². The summed E-state index contributed by atoms with van der Waals surface area (Å²) in [5.41, 5.74) is 4.67. The molecule has 1 aromatic heterocycles. The molecule has 236 valence electrons. The minimum absolute atomic E-state index is 0.246. The van der Waals surface area contributed by atoms with Gasteiger partial charge in [-0.05, 0) is 85.2 Å². The number of unbranched alkanes of at least 4 members (excludes halogenated alkanes) is 1. The van der Waals surface area contributed by atoms with Crippen LogP contribution in [0.5, 0.6) is 0 Å². The highest BCUT2D eigenvalue weighted by Gasteiger charge is 2.33. The Balaban J connectivity index is 1.13. The maximum absolute atomic E-state index is 12.9. The van der Waals surface area contributed by atoms with Crippen LogP contribution in [0.25, 0.3) is 17.1 Å². The molecule has 0 spiro atoms. The van der Waals surface area contributed by atoms with E-state index in [1.165, 1.54) is 34.9 Å². The monoisotopic (exact) mass is 636 g/mol. The zero-order chi connectivity index (χ0) is 32.1. The lowest BCUT2D eigenvalue weighted by atomic mass is 9.98. The van der Waals surface area contributed by atoms with E-state index in [-0.39, 0.29) is 5.92 Å². The van der Waals surface area contributed by atoms with Crippen molar-refractivity contribution in [1.82, 2.24) is 20.1 Å². The number of aryl methyl sites for hydroxylation is 2. The number of urea groups is 1. The number of nitrogens with zero attached hydrogens (tertiary/aromatic N) is 5. The van der Waals surface area contributed by atoms with E-state index in [2.05, 4.69) is 40.3 Å². The molecule has 1 atom stereocenters. The quantitative estimate of drug-likeness (QED) is 0.187.